The fourth-order valence-electron chi connectivity index (χ4n) is 9.48. The molecule has 0 spiro atoms. The highest BCUT2D eigenvalue weighted by Crippen LogP contribution is 2.47. The number of piperazine rings is 1. The van der Waals surface area contributed by atoms with Gasteiger partial charge in [0.25, 0.3) is 5.91 Å². The van der Waals surface area contributed by atoms with Crippen LogP contribution in [0.1, 0.15) is 70.1 Å². The van der Waals surface area contributed by atoms with E-state index < -0.39 is 17.8 Å². The van der Waals surface area contributed by atoms with Gasteiger partial charge in [0.1, 0.15) is 29.2 Å². The summed E-state index contributed by atoms with van der Waals surface area (Å²) in [6, 6.07) is 23.3. The molecule has 4 aromatic carbocycles. The zero-order valence-corrected chi connectivity index (χ0v) is 31.1. The third kappa shape index (κ3) is 6.84. The monoisotopic (exact) mass is 761 g/mol. The smallest absolute Gasteiger partial charge is 0.255 e. The fourth-order valence-corrected chi connectivity index (χ4v) is 9.48. The second-order valence-electron chi connectivity index (χ2n) is 15.8. The molecule has 5 heterocycles. The van der Waals surface area contributed by atoms with E-state index in [2.05, 4.69) is 27.2 Å². The predicted molar refractivity (Wildman–Crippen MR) is 207 cm³/mol. The van der Waals surface area contributed by atoms with Crippen LogP contribution in [0.3, 0.4) is 0 Å². The molecule has 56 heavy (non-hydrogen) atoms. The van der Waals surface area contributed by atoms with E-state index in [-0.39, 0.29) is 60.2 Å². The van der Waals surface area contributed by atoms with Gasteiger partial charge in [0.15, 0.2) is 0 Å². The molecule has 5 aliphatic heterocycles. The number of aromatic hydroxyl groups is 1. The molecule has 3 amide bonds. The van der Waals surface area contributed by atoms with Crippen LogP contribution in [0.5, 0.6) is 11.5 Å². The summed E-state index contributed by atoms with van der Waals surface area (Å²) < 4.78 is 37.6. The Morgan fingerprint density at radius 3 is 2.27 bits per heavy atom. The number of amides is 3. The number of rotatable bonds is 7. The minimum Gasteiger partial charge on any atom is -0.508 e. The molecule has 0 aromatic heterocycles. The van der Waals surface area contributed by atoms with Gasteiger partial charge in [-0.15, -0.1) is 0 Å². The van der Waals surface area contributed by atoms with Crippen molar-refractivity contribution in [3.63, 3.8) is 0 Å². The molecule has 12 heteroatoms. The number of imide groups is 1. The summed E-state index contributed by atoms with van der Waals surface area (Å²) >= 11 is 0. The third-order valence-corrected chi connectivity index (χ3v) is 12.5. The second-order valence-corrected chi connectivity index (χ2v) is 15.8. The molecule has 0 aliphatic carbocycles. The quantitative estimate of drug-likeness (QED) is 0.229. The highest BCUT2D eigenvalue weighted by Gasteiger charge is 2.40. The van der Waals surface area contributed by atoms with Gasteiger partial charge < -0.3 is 24.5 Å². The Balaban J connectivity index is 0.804. The van der Waals surface area contributed by atoms with Crippen LogP contribution in [0.15, 0.2) is 78.9 Å². The Bertz CT molecular complexity index is 2170. The number of piperidine rings is 2. The predicted octanol–water partition coefficient (Wildman–Crippen LogP) is 5.78. The normalized spacial score (nSPS) is 23.1. The lowest BCUT2D eigenvalue weighted by molar-refractivity contribution is -0.136. The number of anilines is 2. The van der Waals surface area contributed by atoms with Gasteiger partial charge in [-0.2, -0.15) is 0 Å². The van der Waals surface area contributed by atoms with E-state index >= 15 is 8.78 Å². The van der Waals surface area contributed by atoms with Crippen molar-refractivity contribution in [3.8, 4) is 11.5 Å². The minimum atomic E-state index is -0.735. The van der Waals surface area contributed by atoms with Gasteiger partial charge in [0.2, 0.25) is 11.8 Å². The highest BCUT2D eigenvalue weighted by atomic mass is 19.1. The summed E-state index contributed by atoms with van der Waals surface area (Å²) in [5.74, 6) is -0.778. The number of halogens is 2. The molecule has 4 aromatic rings. The molecular weight excluding hydrogens is 717 g/mol. The van der Waals surface area contributed by atoms with Gasteiger partial charge in [-0.05, 0) is 72.2 Å². The first-order valence-electron chi connectivity index (χ1n) is 19.7. The number of fused-ring (bicyclic) bond motifs is 2. The number of hydrogen-bond donors (Lipinski definition) is 2. The SMILES string of the molecule is O=C1CC[C@H](N2Cc3cc(N4CCN(CC5CCN(c6ccc([C@H]7c8ccc(O)cc8OC[C@H]7c7ccccc7)cc6F)CC5)CC4)c(F)cc3C2=O)C(=O)N1. The molecule has 5 aliphatic rings. The van der Waals surface area contributed by atoms with E-state index in [1.807, 2.05) is 41.3 Å². The largest absolute Gasteiger partial charge is 0.508 e. The Morgan fingerprint density at radius 2 is 1.52 bits per heavy atom. The summed E-state index contributed by atoms with van der Waals surface area (Å²) in [5, 5.41) is 12.4. The number of ether oxygens (including phenoxy) is 1. The second kappa shape index (κ2) is 14.9. The van der Waals surface area contributed by atoms with Crippen molar-refractivity contribution in [2.75, 3.05) is 62.2 Å². The molecule has 3 atom stereocenters. The van der Waals surface area contributed by atoms with Crippen molar-refractivity contribution < 1.29 is 33.0 Å². The number of benzene rings is 4. The number of hydrogen-bond acceptors (Lipinski definition) is 8. The summed E-state index contributed by atoms with van der Waals surface area (Å²) in [4.78, 5) is 45.3. The third-order valence-electron chi connectivity index (χ3n) is 12.5. The molecule has 0 unspecified atom stereocenters. The lowest BCUT2D eigenvalue weighted by Gasteiger charge is -2.40. The summed E-state index contributed by atoms with van der Waals surface area (Å²) in [7, 11) is 0. The Morgan fingerprint density at radius 1 is 0.768 bits per heavy atom. The number of carbonyl (C=O) groups is 3. The summed E-state index contributed by atoms with van der Waals surface area (Å²) in [6.45, 7) is 5.99. The lowest BCUT2D eigenvalue weighted by Crippen LogP contribution is -2.52. The summed E-state index contributed by atoms with van der Waals surface area (Å²) in [5.41, 5.74) is 5.00. The van der Waals surface area contributed by atoms with Gasteiger partial charge >= 0.3 is 0 Å². The average Bonchev–Trinajstić information content (AvgIpc) is 3.52. The number of nitrogens with one attached hydrogen (secondary N) is 1. The Hall–Kier alpha value is -5.49. The standard InChI is InChI=1S/C44H45F2N5O5/c45-35-20-29(42-32-8-7-31(52)22-40(32)56-26-34(42)28-4-2-1-3-5-28)6-9-37(35)49-14-12-27(13-15-49)24-48-16-18-50(19-17-48)39-21-30-25-51(44(55)33(30)23-36(39)46)38-10-11-41(53)47-43(38)54/h1-9,20-23,27,34,38,42,52H,10-19,24-26H2,(H,47,53,54)/t34-,38-,42-/m0/s1. The van der Waals surface area contributed by atoms with Crippen LogP contribution in [0, 0.1) is 17.6 Å². The number of phenolic OH excluding ortho intramolecular Hbond substituents is 1. The van der Waals surface area contributed by atoms with Crippen molar-refractivity contribution >= 4 is 29.1 Å². The molecule has 0 radical (unpaired) electrons. The van der Waals surface area contributed by atoms with Crippen LogP contribution < -0.4 is 19.9 Å². The molecule has 10 nitrogen and oxygen atoms in total. The van der Waals surface area contributed by atoms with Crippen molar-refractivity contribution in [1.29, 1.82) is 0 Å². The molecule has 2 N–H and O–H groups in total. The van der Waals surface area contributed by atoms with E-state index in [9.17, 15) is 19.5 Å². The van der Waals surface area contributed by atoms with Gasteiger partial charge in [0, 0.05) is 87.8 Å². The van der Waals surface area contributed by atoms with Crippen molar-refractivity contribution in [1.82, 2.24) is 15.1 Å². The van der Waals surface area contributed by atoms with Crippen LogP contribution in [-0.4, -0.2) is 91.1 Å². The zero-order valence-electron chi connectivity index (χ0n) is 31.1. The molecule has 0 saturated carbocycles. The number of nitrogens with zero attached hydrogens (tertiary/aromatic N) is 4. The maximum absolute atomic E-state index is 16.1. The molecule has 0 bridgehead atoms. The Kier molecular flexibility index (Phi) is 9.60. The number of carbonyl (C=O) groups excluding carboxylic acids is 3. The molecule has 9 rings (SSSR count). The molecule has 3 saturated heterocycles. The van der Waals surface area contributed by atoms with Crippen molar-refractivity contribution in [3.05, 3.63) is 118 Å². The average molecular weight is 762 g/mol. The maximum atomic E-state index is 16.1. The summed E-state index contributed by atoms with van der Waals surface area (Å²) in [6.07, 6.45) is 2.34. The van der Waals surface area contributed by atoms with Crippen LogP contribution >= 0.6 is 0 Å². The van der Waals surface area contributed by atoms with Crippen molar-refractivity contribution in [2.45, 2.75) is 50.1 Å². The number of phenols is 1. The highest BCUT2D eigenvalue weighted by molar-refractivity contribution is 6.05. The minimum absolute atomic E-state index is 0.00738. The van der Waals surface area contributed by atoms with Gasteiger partial charge in [-0.25, -0.2) is 8.78 Å². The van der Waals surface area contributed by atoms with E-state index in [0.717, 1.165) is 62.3 Å². The first-order chi connectivity index (χ1) is 27.2. The van der Waals surface area contributed by atoms with Crippen LogP contribution in [0.25, 0.3) is 0 Å². The lowest BCUT2D eigenvalue weighted by atomic mass is 9.76. The van der Waals surface area contributed by atoms with Crippen molar-refractivity contribution in [2.24, 2.45) is 5.92 Å². The van der Waals surface area contributed by atoms with Gasteiger partial charge in [-0.3, -0.25) is 24.6 Å². The van der Waals surface area contributed by atoms with Gasteiger partial charge in [0.05, 0.1) is 18.0 Å². The Labute approximate surface area is 324 Å². The van der Waals surface area contributed by atoms with Crippen LogP contribution in [-0.2, 0) is 16.1 Å². The van der Waals surface area contributed by atoms with E-state index in [1.54, 1.807) is 24.3 Å². The zero-order chi connectivity index (χ0) is 38.5. The van der Waals surface area contributed by atoms with Crippen LogP contribution in [0.2, 0.25) is 0 Å². The van der Waals surface area contributed by atoms with E-state index in [1.165, 1.54) is 11.0 Å². The maximum Gasteiger partial charge on any atom is 0.255 e. The topological polar surface area (TPSA) is 106 Å². The van der Waals surface area contributed by atoms with E-state index in [0.29, 0.717) is 48.3 Å². The van der Waals surface area contributed by atoms with Gasteiger partial charge in [-0.1, -0.05) is 42.5 Å². The first-order valence-corrected chi connectivity index (χ1v) is 19.7. The fraction of sp³-hybridized carbons (Fsp3) is 0.386. The molecule has 3 fully saturated rings. The molecular formula is C44H45F2N5O5. The molecule has 290 valence electrons. The van der Waals surface area contributed by atoms with E-state index in [4.69, 9.17) is 4.74 Å². The first kappa shape index (κ1) is 36.2. The van der Waals surface area contributed by atoms with Crippen LogP contribution in [0.4, 0.5) is 20.2 Å².